The molecule has 1 rings (SSSR count). The second kappa shape index (κ2) is 8.12. The molecule has 0 saturated heterocycles. The van der Waals surface area contributed by atoms with E-state index < -0.39 is 5.97 Å². The summed E-state index contributed by atoms with van der Waals surface area (Å²) in [6, 6.07) is -0.158. The number of urea groups is 1. The molecule has 1 aliphatic rings. The third-order valence-corrected chi connectivity index (χ3v) is 4.06. The molecule has 0 aromatic rings. The van der Waals surface area contributed by atoms with E-state index in [1.165, 1.54) is 30.6 Å². The van der Waals surface area contributed by atoms with Gasteiger partial charge in [-0.05, 0) is 45.4 Å². The lowest BCUT2D eigenvalue weighted by Crippen LogP contribution is -2.50. The first-order valence-corrected chi connectivity index (χ1v) is 7.73. The van der Waals surface area contributed by atoms with E-state index >= 15 is 0 Å². The summed E-state index contributed by atoms with van der Waals surface area (Å²) in [4.78, 5) is 24.3. The van der Waals surface area contributed by atoms with Gasteiger partial charge in [-0.1, -0.05) is 19.8 Å². The smallest absolute Gasteiger partial charge is 0.323 e. The summed E-state index contributed by atoms with van der Waals surface area (Å²) in [5, 5.41) is 11.9. The predicted octanol–water partition coefficient (Wildman–Crippen LogP) is 2.85. The van der Waals surface area contributed by atoms with Crippen LogP contribution in [0.1, 0.15) is 59.3 Å². The van der Waals surface area contributed by atoms with Crippen LogP contribution >= 0.6 is 0 Å². The largest absolute Gasteiger partial charge is 0.480 e. The van der Waals surface area contributed by atoms with Crippen molar-refractivity contribution in [2.45, 2.75) is 71.4 Å². The van der Waals surface area contributed by atoms with Crippen molar-refractivity contribution in [2.24, 2.45) is 5.92 Å². The van der Waals surface area contributed by atoms with Crippen molar-refractivity contribution in [2.75, 3.05) is 6.54 Å². The van der Waals surface area contributed by atoms with Gasteiger partial charge in [-0.15, -0.1) is 0 Å². The number of aliphatic carboxylic acids is 1. The Morgan fingerprint density at radius 1 is 1.25 bits per heavy atom. The van der Waals surface area contributed by atoms with Gasteiger partial charge in [-0.3, -0.25) is 4.79 Å². The number of carbonyl (C=O) groups excluding carboxylic acids is 1. The molecule has 0 aromatic carbocycles. The van der Waals surface area contributed by atoms with Crippen LogP contribution in [0.2, 0.25) is 0 Å². The van der Waals surface area contributed by atoms with Gasteiger partial charge < -0.3 is 15.3 Å². The van der Waals surface area contributed by atoms with E-state index in [0.29, 0.717) is 0 Å². The van der Waals surface area contributed by atoms with E-state index in [-0.39, 0.29) is 24.7 Å². The Bertz CT molecular complexity index is 323. The minimum absolute atomic E-state index is 0.109. The fraction of sp³-hybridized carbons (Fsp3) is 0.867. The molecule has 0 aromatic heterocycles. The van der Waals surface area contributed by atoms with Gasteiger partial charge in [0.1, 0.15) is 6.54 Å². The quantitative estimate of drug-likeness (QED) is 0.788. The van der Waals surface area contributed by atoms with Crippen molar-refractivity contribution in [3.63, 3.8) is 0 Å². The Hall–Kier alpha value is -1.26. The molecule has 0 aliphatic heterocycles. The van der Waals surface area contributed by atoms with Gasteiger partial charge in [0.2, 0.25) is 0 Å². The maximum atomic E-state index is 12.1. The molecule has 0 spiro atoms. The van der Waals surface area contributed by atoms with Crippen molar-refractivity contribution >= 4 is 12.0 Å². The highest BCUT2D eigenvalue weighted by molar-refractivity contribution is 5.80. The lowest BCUT2D eigenvalue weighted by molar-refractivity contribution is -0.138. The molecule has 2 N–H and O–H groups in total. The molecule has 0 atom stereocenters. The monoisotopic (exact) mass is 284 g/mol. The molecule has 2 amide bonds. The zero-order valence-electron chi connectivity index (χ0n) is 12.9. The lowest BCUT2D eigenvalue weighted by Gasteiger charge is -2.32. The Morgan fingerprint density at radius 3 is 2.30 bits per heavy atom. The third-order valence-electron chi connectivity index (χ3n) is 4.06. The third kappa shape index (κ3) is 5.39. The van der Waals surface area contributed by atoms with Crippen molar-refractivity contribution in [3.05, 3.63) is 0 Å². The van der Waals surface area contributed by atoms with E-state index in [1.807, 2.05) is 13.8 Å². The molecule has 0 bridgehead atoms. The summed E-state index contributed by atoms with van der Waals surface area (Å²) in [5.74, 6) is -0.172. The van der Waals surface area contributed by atoms with Crippen LogP contribution in [0.5, 0.6) is 0 Å². The lowest BCUT2D eigenvalue weighted by atomic mass is 9.83. The Kier molecular flexibility index (Phi) is 6.82. The highest BCUT2D eigenvalue weighted by Gasteiger charge is 2.25. The summed E-state index contributed by atoms with van der Waals surface area (Å²) in [7, 11) is 0. The molecule has 0 radical (unpaired) electrons. The van der Waals surface area contributed by atoms with Gasteiger partial charge in [-0.25, -0.2) is 4.79 Å². The molecular weight excluding hydrogens is 256 g/mol. The molecule has 1 saturated carbocycles. The van der Waals surface area contributed by atoms with Gasteiger partial charge in [0.25, 0.3) is 0 Å². The highest BCUT2D eigenvalue weighted by atomic mass is 16.4. The van der Waals surface area contributed by atoms with E-state index in [2.05, 4.69) is 12.2 Å². The molecule has 116 valence electrons. The topological polar surface area (TPSA) is 69.6 Å². The minimum atomic E-state index is -0.972. The van der Waals surface area contributed by atoms with Gasteiger partial charge >= 0.3 is 12.0 Å². The van der Waals surface area contributed by atoms with Crippen molar-refractivity contribution in [1.29, 1.82) is 0 Å². The van der Waals surface area contributed by atoms with Crippen molar-refractivity contribution in [3.8, 4) is 0 Å². The Balaban J connectivity index is 2.43. The number of amides is 2. The zero-order chi connectivity index (χ0) is 15.1. The normalized spacial score (nSPS) is 22.6. The predicted molar refractivity (Wildman–Crippen MR) is 78.7 cm³/mol. The Labute approximate surface area is 121 Å². The van der Waals surface area contributed by atoms with E-state index in [0.717, 1.165) is 18.8 Å². The number of hydrogen-bond donors (Lipinski definition) is 2. The number of rotatable bonds is 6. The fourth-order valence-electron chi connectivity index (χ4n) is 2.90. The van der Waals surface area contributed by atoms with Crippen LogP contribution in [0.4, 0.5) is 4.79 Å². The number of carboxylic acids is 1. The van der Waals surface area contributed by atoms with Gasteiger partial charge in [0.15, 0.2) is 0 Å². The average Bonchev–Trinajstić information content (AvgIpc) is 2.38. The van der Waals surface area contributed by atoms with Crippen LogP contribution in [0, 0.1) is 5.92 Å². The van der Waals surface area contributed by atoms with Crippen LogP contribution in [-0.2, 0) is 4.79 Å². The SMILES string of the molecule is CCCC1CCC(NC(=O)N(CC(=O)O)C(C)C)CC1. The van der Waals surface area contributed by atoms with Crippen LogP contribution in [0.3, 0.4) is 0 Å². The van der Waals surface area contributed by atoms with E-state index in [4.69, 9.17) is 5.11 Å². The molecule has 5 nitrogen and oxygen atoms in total. The maximum absolute atomic E-state index is 12.1. The standard InChI is InChI=1S/C15H28N2O3/c1-4-5-12-6-8-13(9-7-12)16-15(20)17(11(2)3)10-14(18)19/h11-13H,4-10H2,1-3H3,(H,16,20)(H,18,19). The van der Waals surface area contributed by atoms with Crippen LogP contribution in [0.15, 0.2) is 0 Å². The van der Waals surface area contributed by atoms with Crippen LogP contribution in [-0.4, -0.2) is 40.6 Å². The van der Waals surface area contributed by atoms with E-state index in [1.54, 1.807) is 0 Å². The molecule has 0 unspecified atom stereocenters. The van der Waals surface area contributed by atoms with Gasteiger partial charge in [-0.2, -0.15) is 0 Å². The number of nitrogens with zero attached hydrogens (tertiary/aromatic N) is 1. The summed E-state index contributed by atoms with van der Waals surface area (Å²) in [5.41, 5.74) is 0. The summed E-state index contributed by atoms with van der Waals surface area (Å²) >= 11 is 0. The summed E-state index contributed by atoms with van der Waals surface area (Å²) in [6.07, 6.45) is 6.85. The highest BCUT2D eigenvalue weighted by Crippen LogP contribution is 2.27. The summed E-state index contributed by atoms with van der Waals surface area (Å²) < 4.78 is 0. The summed E-state index contributed by atoms with van der Waals surface area (Å²) in [6.45, 7) is 5.64. The van der Waals surface area contributed by atoms with Crippen LogP contribution in [0.25, 0.3) is 0 Å². The Morgan fingerprint density at radius 2 is 1.85 bits per heavy atom. The zero-order valence-corrected chi connectivity index (χ0v) is 12.9. The second-order valence-corrected chi connectivity index (χ2v) is 6.07. The van der Waals surface area contributed by atoms with Crippen molar-refractivity contribution < 1.29 is 14.7 Å². The average molecular weight is 284 g/mol. The fourth-order valence-corrected chi connectivity index (χ4v) is 2.90. The minimum Gasteiger partial charge on any atom is -0.480 e. The maximum Gasteiger partial charge on any atom is 0.323 e. The number of carbonyl (C=O) groups is 2. The van der Waals surface area contributed by atoms with E-state index in [9.17, 15) is 9.59 Å². The molecule has 1 fully saturated rings. The molecule has 5 heteroatoms. The molecular formula is C15H28N2O3. The first-order chi connectivity index (χ1) is 9.43. The number of nitrogens with one attached hydrogen (secondary N) is 1. The van der Waals surface area contributed by atoms with Gasteiger partial charge in [0, 0.05) is 12.1 Å². The van der Waals surface area contributed by atoms with Gasteiger partial charge in [0.05, 0.1) is 0 Å². The number of carboxylic acid groups (broad SMARTS) is 1. The first-order valence-electron chi connectivity index (χ1n) is 7.73. The second-order valence-electron chi connectivity index (χ2n) is 6.07. The first kappa shape index (κ1) is 16.8. The van der Waals surface area contributed by atoms with Crippen LogP contribution < -0.4 is 5.32 Å². The molecule has 20 heavy (non-hydrogen) atoms. The molecule has 1 aliphatic carbocycles. The molecule has 0 heterocycles. The van der Waals surface area contributed by atoms with Crippen molar-refractivity contribution in [1.82, 2.24) is 10.2 Å². The number of hydrogen-bond acceptors (Lipinski definition) is 2.